The predicted octanol–water partition coefficient (Wildman–Crippen LogP) is 3.81. The fraction of sp³-hybridized carbons (Fsp3) is 0.841. The second-order valence-corrected chi connectivity index (χ2v) is 15.5. The molecule has 7 N–H and O–H groups in total. The second-order valence-electron chi connectivity index (χ2n) is 15.5. The number of hydrogen-bond donors (Lipinski definition) is 7. The van der Waals surface area contributed by atoms with E-state index >= 15 is 0 Å². The molecule has 4 amide bonds. The first-order valence-corrected chi connectivity index (χ1v) is 23.0. The van der Waals surface area contributed by atoms with Gasteiger partial charge in [-0.15, -0.1) is 0 Å². The molecule has 18 nitrogen and oxygen atoms in total. The van der Waals surface area contributed by atoms with Crippen LogP contribution in [0.5, 0.6) is 0 Å². The van der Waals surface area contributed by atoms with Crippen molar-refractivity contribution in [2.75, 3.05) is 79.5 Å². The number of nitrogens with one attached hydrogen (secondary N) is 5. The molecule has 2 unspecified atom stereocenters. The minimum atomic E-state index is -1.18. The molecule has 0 aliphatic carbocycles. The van der Waals surface area contributed by atoms with Crippen LogP contribution in [0.3, 0.4) is 0 Å². The van der Waals surface area contributed by atoms with E-state index in [0.29, 0.717) is 13.0 Å². The number of amides is 4. The molecule has 0 bridgehead atoms. The van der Waals surface area contributed by atoms with Gasteiger partial charge in [-0.3, -0.25) is 28.8 Å². The van der Waals surface area contributed by atoms with Crippen LogP contribution in [0, 0.1) is 0 Å². The van der Waals surface area contributed by atoms with E-state index < -0.39 is 18.0 Å². The number of ketones is 1. The Bertz CT molecular complexity index is 1210. The molecule has 0 rings (SSSR count). The third kappa shape index (κ3) is 40.4. The molecule has 62 heavy (non-hydrogen) atoms. The van der Waals surface area contributed by atoms with Crippen molar-refractivity contribution in [2.24, 2.45) is 0 Å². The maximum atomic E-state index is 12.3. The summed E-state index contributed by atoms with van der Waals surface area (Å²) in [6, 6.07) is -1.25. The molecular weight excluding hydrogens is 807 g/mol. The molecule has 0 radical (unpaired) electrons. The van der Waals surface area contributed by atoms with Gasteiger partial charge in [-0.1, -0.05) is 89.9 Å². The Morgan fingerprint density at radius 3 is 1.34 bits per heavy atom. The number of carbonyl (C=O) groups excluding carboxylic acids is 5. The summed E-state index contributed by atoms with van der Waals surface area (Å²) in [5.41, 5.74) is 0. The van der Waals surface area contributed by atoms with Crippen molar-refractivity contribution in [3.8, 4) is 0 Å². The molecule has 0 saturated carbocycles. The number of ether oxygens (including phenoxy) is 4. The molecular formula is C44H81N5O13. The van der Waals surface area contributed by atoms with E-state index in [2.05, 4.69) is 26.6 Å². The maximum absolute atomic E-state index is 12.3. The Balaban J connectivity index is 3.65. The summed E-state index contributed by atoms with van der Waals surface area (Å²) in [5.74, 6) is -2.96. The lowest BCUT2D eigenvalue weighted by atomic mass is 10.0. The van der Waals surface area contributed by atoms with Crippen molar-refractivity contribution in [3.63, 3.8) is 0 Å². The molecule has 0 saturated heterocycles. The number of carbonyl (C=O) groups is 7. The topological polar surface area (TPSA) is 257 Å². The summed E-state index contributed by atoms with van der Waals surface area (Å²) in [4.78, 5) is 81.9. The number of rotatable bonds is 46. The Hall–Kier alpha value is -3.71. The average Bonchev–Trinajstić information content (AvgIpc) is 3.23. The van der Waals surface area contributed by atoms with Gasteiger partial charge in [0.05, 0.1) is 45.7 Å². The van der Waals surface area contributed by atoms with Gasteiger partial charge in [0.1, 0.15) is 25.0 Å². The highest BCUT2D eigenvalue weighted by atomic mass is 16.5. The summed E-state index contributed by atoms with van der Waals surface area (Å²) in [6.07, 6.45) is 18.9. The molecule has 0 aromatic heterocycles. The molecule has 0 aliphatic rings. The van der Waals surface area contributed by atoms with E-state index in [4.69, 9.17) is 24.1 Å². The van der Waals surface area contributed by atoms with Crippen LogP contribution in [0.25, 0.3) is 0 Å². The fourth-order valence-corrected chi connectivity index (χ4v) is 6.40. The zero-order chi connectivity index (χ0) is 45.9. The van der Waals surface area contributed by atoms with Crippen molar-refractivity contribution in [2.45, 2.75) is 160 Å². The number of hydrogen-bond acceptors (Lipinski definition) is 12. The van der Waals surface area contributed by atoms with Gasteiger partial charge in [0, 0.05) is 38.9 Å². The number of carboxylic acids is 2. The number of carboxylic acid groups (broad SMARTS) is 2. The molecule has 0 aromatic carbocycles. The fourth-order valence-electron chi connectivity index (χ4n) is 6.40. The highest BCUT2D eigenvalue weighted by molar-refractivity contribution is 5.84. The first kappa shape index (κ1) is 58.3. The first-order chi connectivity index (χ1) is 30.0. The van der Waals surface area contributed by atoms with Gasteiger partial charge in [-0.25, -0.2) is 4.79 Å². The number of aliphatic carboxylic acids is 2. The lowest BCUT2D eigenvalue weighted by molar-refractivity contribution is -0.142. The molecule has 18 heteroatoms. The predicted molar refractivity (Wildman–Crippen MR) is 235 cm³/mol. The van der Waals surface area contributed by atoms with E-state index in [1.807, 2.05) is 0 Å². The van der Waals surface area contributed by atoms with E-state index in [-0.39, 0.29) is 127 Å². The largest absolute Gasteiger partial charge is 0.481 e. The van der Waals surface area contributed by atoms with Crippen LogP contribution < -0.4 is 26.6 Å². The van der Waals surface area contributed by atoms with Gasteiger partial charge < -0.3 is 55.7 Å². The second kappa shape index (κ2) is 42.6. The average molecular weight is 888 g/mol. The normalized spacial score (nSPS) is 12.0. The zero-order valence-corrected chi connectivity index (χ0v) is 37.9. The van der Waals surface area contributed by atoms with E-state index in [1.54, 1.807) is 14.0 Å². The van der Waals surface area contributed by atoms with Crippen molar-refractivity contribution in [1.82, 2.24) is 26.6 Å². The summed E-state index contributed by atoms with van der Waals surface area (Å²) in [7, 11) is 1.78. The molecule has 0 spiro atoms. The molecule has 2 atom stereocenters. The minimum Gasteiger partial charge on any atom is -0.481 e. The van der Waals surface area contributed by atoms with Crippen LogP contribution >= 0.6 is 0 Å². The van der Waals surface area contributed by atoms with Gasteiger partial charge in [-0.05, 0) is 46.1 Å². The van der Waals surface area contributed by atoms with E-state index in [1.165, 1.54) is 44.9 Å². The number of Topliss-reactive ketones (excluding diaryl/α,β-unsaturated/α-hetero) is 1. The van der Waals surface area contributed by atoms with Crippen LogP contribution in [-0.4, -0.2) is 143 Å². The van der Waals surface area contributed by atoms with Gasteiger partial charge >= 0.3 is 11.9 Å². The highest BCUT2D eigenvalue weighted by Gasteiger charge is 2.21. The number of unbranched alkanes of at least 4 members (excludes halogenated alkanes) is 15. The minimum absolute atomic E-state index is 0.0252. The maximum Gasteiger partial charge on any atom is 0.326 e. The van der Waals surface area contributed by atoms with Gasteiger partial charge in [0.25, 0.3) is 0 Å². The van der Waals surface area contributed by atoms with Crippen LogP contribution in [0.2, 0.25) is 0 Å². The van der Waals surface area contributed by atoms with Crippen molar-refractivity contribution in [1.29, 1.82) is 0 Å². The smallest absolute Gasteiger partial charge is 0.326 e. The summed E-state index contributed by atoms with van der Waals surface area (Å²) < 4.78 is 21.4. The van der Waals surface area contributed by atoms with Crippen LogP contribution in [-0.2, 0) is 52.5 Å². The van der Waals surface area contributed by atoms with Gasteiger partial charge in [-0.2, -0.15) is 0 Å². The molecule has 0 heterocycles. The monoisotopic (exact) mass is 888 g/mol. The molecule has 0 fully saturated rings. The summed E-state index contributed by atoms with van der Waals surface area (Å²) >= 11 is 0. The Morgan fingerprint density at radius 2 is 0.871 bits per heavy atom. The van der Waals surface area contributed by atoms with Crippen LogP contribution in [0.4, 0.5) is 0 Å². The Kier molecular flexibility index (Phi) is 40.0. The SMILES string of the molecule is CNC(CCCCCNC(=O)COCCOCCNC(=O)COCCOCCNC(=O)CCC(NC(=O)CCCCCCCCCCCCCCCCC(=O)O)C(=O)O)C(C)=O. The number of likely N-dealkylation sites (N-methyl/N-ethyl adjacent to an activating group) is 1. The standard InChI is InChI=1S/C44H81N5O13/c1-36(50)37(45-2)20-16-15-19-25-46-41(53)34-61-32-31-60-29-27-48-42(54)35-62-33-30-59-28-26-47-39(51)24-23-38(44(57)58)49-40(52)21-17-13-11-9-7-5-3-4-6-8-10-12-14-18-22-43(55)56/h37-38,45H,3-35H2,1-2H3,(H,46,53)(H,47,51)(H,48,54)(H,49,52)(H,55,56)(H,57,58). The van der Waals surface area contributed by atoms with Crippen molar-refractivity contribution < 1.29 is 62.7 Å². The van der Waals surface area contributed by atoms with Crippen molar-refractivity contribution in [3.05, 3.63) is 0 Å². The molecule has 360 valence electrons. The Morgan fingerprint density at radius 1 is 0.435 bits per heavy atom. The van der Waals surface area contributed by atoms with Crippen LogP contribution in [0.15, 0.2) is 0 Å². The lowest BCUT2D eigenvalue weighted by Crippen LogP contribution is -2.41. The summed E-state index contributed by atoms with van der Waals surface area (Å²) in [6.45, 7) is 3.77. The Labute approximate surface area is 369 Å². The van der Waals surface area contributed by atoms with E-state index in [0.717, 1.165) is 64.2 Å². The summed E-state index contributed by atoms with van der Waals surface area (Å²) in [5, 5.41) is 31.8. The third-order valence-electron chi connectivity index (χ3n) is 10.0. The molecule has 0 aliphatic heterocycles. The molecule has 0 aromatic rings. The van der Waals surface area contributed by atoms with Gasteiger partial charge in [0.2, 0.25) is 23.6 Å². The van der Waals surface area contributed by atoms with E-state index in [9.17, 15) is 38.7 Å². The zero-order valence-electron chi connectivity index (χ0n) is 37.9. The first-order valence-electron chi connectivity index (χ1n) is 23.0. The lowest BCUT2D eigenvalue weighted by Gasteiger charge is -2.14. The highest BCUT2D eigenvalue weighted by Crippen LogP contribution is 2.14. The van der Waals surface area contributed by atoms with Crippen molar-refractivity contribution >= 4 is 41.4 Å². The van der Waals surface area contributed by atoms with Gasteiger partial charge in [0.15, 0.2) is 0 Å². The third-order valence-corrected chi connectivity index (χ3v) is 10.0. The van der Waals surface area contributed by atoms with Crippen LogP contribution in [0.1, 0.15) is 148 Å². The quantitative estimate of drug-likeness (QED) is 0.0429.